The Hall–Kier alpha value is -4.44. The predicted molar refractivity (Wildman–Crippen MR) is 130 cm³/mol. The molecule has 0 saturated heterocycles. The second kappa shape index (κ2) is 8.16. The lowest BCUT2D eigenvalue weighted by Crippen LogP contribution is -2.25. The molecule has 2 aliphatic heterocycles. The highest BCUT2D eigenvalue weighted by Gasteiger charge is 2.31. The summed E-state index contributed by atoms with van der Waals surface area (Å²) in [6.07, 6.45) is 1.76. The minimum absolute atomic E-state index is 0.0622. The molecule has 0 radical (unpaired) electrons. The van der Waals surface area contributed by atoms with Gasteiger partial charge in [0.25, 0.3) is 0 Å². The number of Topliss-reactive ketones (excluding diaryl/α,β-unsaturated/α-hetero) is 2. The number of carbonyl (C=O) groups excluding carboxylic acids is 2. The number of carbonyl (C=O) groups is 2. The minimum atomic E-state index is -0.366. The first-order valence-corrected chi connectivity index (χ1v) is 11.2. The molecule has 6 rings (SSSR count). The average Bonchev–Trinajstić information content (AvgIpc) is 3.19. The molecular formula is C30H20O4. The molecule has 0 N–H and O–H groups in total. The molecule has 0 spiro atoms. The zero-order valence-electron chi connectivity index (χ0n) is 18.2. The van der Waals surface area contributed by atoms with E-state index in [9.17, 15) is 9.59 Å². The lowest BCUT2D eigenvalue weighted by Gasteiger charge is -2.24. The second-order valence-electron chi connectivity index (χ2n) is 8.41. The van der Waals surface area contributed by atoms with Crippen molar-refractivity contribution in [2.45, 2.75) is 5.92 Å². The van der Waals surface area contributed by atoms with Crippen LogP contribution in [0, 0.1) is 0 Å². The zero-order chi connectivity index (χ0) is 23.1. The van der Waals surface area contributed by atoms with Crippen LogP contribution in [-0.4, -0.2) is 18.2 Å². The number of para-hydroxylation sites is 1. The van der Waals surface area contributed by atoms with Gasteiger partial charge in [-0.2, -0.15) is 0 Å². The van der Waals surface area contributed by atoms with Crippen molar-refractivity contribution in [3.05, 3.63) is 125 Å². The van der Waals surface area contributed by atoms with E-state index >= 15 is 0 Å². The van der Waals surface area contributed by atoms with E-state index in [1.165, 1.54) is 0 Å². The third-order valence-electron chi connectivity index (χ3n) is 6.26. The fourth-order valence-corrected chi connectivity index (χ4v) is 4.48. The van der Waals surface area contributed by atoms with Crippen LogP contribution in [0.1, 0.15) is 37.8 Å². The van der Waals surface area contributed by atoms with Crippen LogP contribution < -0.4 is 9.47 Å². The van der Waals surface area contributed by atoms with Gasteiger partial charge >= 0.3 is 0 Å². The van der Waals surface area contributed by atoms with Crippen LogP contribution in [0.2, 0.25) is 0 Å². The van der Waals surface area contributed by atoms with Crippen molar-refractivity contribution in [2.24, 2.45) is 0 Å². The molecule has 0 fully saturated rings. The van der Waals surface area contributed by atoms with E-state index in [0.717, 1.165) is 22.3 Å². The quantitative estimate of drug-likeness (QED) is 0.347. The van der Waals surface area contributed by atoms with E-state index in [1.54, 1.807) is 12.1 Å². The van der Waals surface area contributed by atoms with Crippen LogP contribution >= 0.6 is 0 Å². The molecule has 0 aromatic heterocycles. The summed E-state index contributed by atoms with van der Waals surface area (Å²) in [6.45, 7) is 0.309. The fourth-order valence-electron chi connectivity index (χ4n) is 4.48. The van der Waals surface area contributed by atoms with Crippen LogP contribution in [0.25, 0.3) is 17.2 Å². The number of hydrogen-bond donors (Lipinski definition) is 0. The highest BCUT2D eigenvalue weighted by atomic mass is 16.5. The molecule has 4 aromatic rings. The number of allylic oxidation sites excluding steroid dienone is 1. The van der Waals surface area contributed by atoms with Gasteiger partial charge in [0.1, 0.15) is 18.1 Å². The summed E-state index contributed by atoms with van der Waals surface area (Å²) >= 11 is 0. The lowest BCUT2D eigenvalue weighted by molar-refractivity contribution is 0.0896. The Balaban J connectivity index is 1.31. The summed E-state index contributed by atoms with van der Waals surface area (Å²) in [5, 5.41) is 0. The summed E-state index contributed by atoms with van der Waals surface area (Å²) in [4.78, 5) is 26.1. The third kappa shape index (κ3) is 3.50. The van der Waals surface area contributed by atoms with E-state index in [2.05, 4.69) is 0 Å². The fraction of sp³-hybridized carbons (Fsp3) is 0.0667. The average molecular weight is 444 g/mol. The van der Waals surface area contributed by atoms with Gasteiger partial charge in [-0.1, -0.05) is 72.8 Å². The highest BCUT2D eigenvalue weighted by molar-refractivity contribution is 6.15. The first-order valence-electron chi connectivity index (χ1n) is 11.2. The van der Waals surface area contributed by atoms with Gasteiger partial charge < -0.3 is 9.47 Å². The van der Waals surface area contributed by atoms with Gasteiger partial charge in [-0.15, -0.1) is 0 Å². The predicted octanol–water partition coefficient (Wildman–Crippen LogP) is 6.33. The number of fused-ring (bicyclic) bond motifs is 2. The van der Waals surface area contributed by atoms with Crippen molar-refractivity contribution >= 4 is 17.6 Å². The first kappa shape index (κ1) is 20.2. The largest absolute Gasteiger partial charge is 0.492 e. The summed E-state index contributed by atoms with van der Waals surface area (Å²) < 4.78 is 11.7. The topological polar surface area (TPSA) is 52.6 Å². The number of hydrogen-bond acceptors (Lipinski definition) is 4. The smallest absolute Gasteiger partial charge is 0.231 e. The Morgan fingerprint density at radius 1 is 0.706 bits per heavy atom. The number of ether oxygens (including phenoxy) is 2. The van der Waals surface area contributed by atoms with Crippen molar-refractivity contribution in [2.75, 3.05) is 6.61 Å². The summed E-state index contributed by atoms with van der Waals surface area (Å²) in [5.74, 6) is 1.07. The maximum absolute atomic E-state index is 13.1. The van der Waals surface area contributed by atoms with Crippen LogP contribution in [0.5, 0.6) is 11.5 Å². The normalized spacial score (nSPS) is 17.6. The molecule has 0 amide bonds. The monoisotopic (exact) mass is 444 g/mol. The van der Waals surface area contributed by atoms with Crippen molar-refractivity contribution < 1.29 is 19.1 Å². The van der Waals surface area contributed by atoms with Crippen molar-refractivity contribution in [1.29, 1.82) is 0 Å². The van der Waals surface area contributed by atoms with Gasteiger partial charge in [0.05, 0.1) is 17.0 Å². The molecule has 4 nitrogen and oxygen atoms in total. The first-order chi connectivity index (χ1) is 16.7. The molecular weight excluding hydrogens is 424 g/mol. The second-order valence-corrected chi connectivity index (χ2v) is 8.41. The van der Waals surface area contributed by atoms with E-state index in [0.29, 0.717) is 35.0 Å². The van der Waals surface area contributed by atoms with Crippen molar-refractivity contribution in [1.82, 2.24) is 0 Å². The molecule has 0 saturated carbocycles. The molecule has 4 aromatic carbocycles. The van der Waals surface area contributed by atoms with Gasteiger partial charge in [-0.25, -0.2) is 0 Å². The molecule has 34 heavy (non-hydrogen) atoms. The van der Waals surface area contributed by atoms with Gasteiger partial charge in [-0.05, 0) is 52.6 Å². The standard InChI is InChI=1S/C30H20O4/c31-29-23-11-4-5-12-26(23)33-18-25(29)22-10-6-9-20(16-22)21-13-14-27-24(17-21)30(32)28(34-27)15-19-7-2-1-3-8-19/h1-17,25H,18H2/b28-15-. The maximum atomic E-state index is 13.1. The van der Waals surface area contributed by atoms with Crippen LogP contribution in [0.4, 0.5) is 0 Å². The number of benzene rings is 4. The molecule has 0 bridgehead atoms. The van der Waals surface area contributed by atoms with Crippen molar-refractivity contribution in [3.63, 3.8) is 0 Å². The van der Waals surface area contributed by atoms with Crippen LogP contribution in [0.3, 0.4) is 0 Å². The van der Waals surface area contributed by atoms with E-state index in [1.807, 2.05) is 91.0 Å². The van der Waals surface area contributed by atoms with Gasteiger partial charge in [-0.3, -0.25) is 9.59 Å². The molecule has 1 atom stereocenters. The number of ketones is 2. The van der Waals surface area contributed by atoms with E-state index in [4.69, 9.17) is 9.47 Å². The van der Waals surface area contributed by atoms with Crippen LogP contribution in [-0.2, 0) is 0 Å². The van der Waals surface area contributed by atoms with Gasteiger partial charge in [0.2, 0.25) is 5.78 Å². The molecule has 2 heterocycles. The van der Waals surface area contributed by atoms with E-state index < -0.39 is 0 Å². The lowest BCUT2D eigenvalue weighted by atomic mass is 9.87. The Morgan fingerprint density at radius 2 is 1.50 bits per heavy atom. The number of rotatable bonds is 3. The minimum Gasteiger partial charge on any atom is -0.492 e. The SMILES string of the molecule is O=C1/C(=C/c2ccccc2)Oc2ccc(-c3cccc(C4COc5ccccc5C4=O)c3)cc21. The molecule has 4 heteroatoms. The molecule has 0 aliphatic carbocycles. The Bertz CT molecular complexity index is 1470. The van der Waals surface area contributed by atoms with Crippen molar-refractivity contribution in [3.8, 4) is 22.6 Å². The molecule has 1 unspecified atom stereocenters. The third-order valence-corrected chi connectivity index (χ3v) is 6.26. The highest BCUT2D eigenvalue weighted by Crippen LogP contribution is 2.37. The summed E-state index contributed by atoms with van der Waals surface area (Å²) in [7, 11) is 0. The van der Waals surface area contributed by atoms with Gasteiger partial charge in [0.15, 0.2) is 11.5 Å². The Morgan fingerprint density at radius 3 is 2.38 bits per heavy atom. The molecule has 164 valence electrons. The maximum Gasteiger partial charge on any atom is 0.231 e. The molecule has 2 aliphatic rings. The Labute approximate surface area is 197 Å². The summed E-state index contributed by atoms with van der Waals surface area (Å²) in [5.41, 5.74) is 4.78. The van der Waals surface area contributed by atoms with E-state index in [-0.39, 0.29) is 17.5 Å². The Kier molecular flexibility index (Phi) is 4.84. The summed E-state index contributed by atoms with van der Waals surface area (Å²) in [6, 6.07) is 30.5. The van der Waals surface area contributed by atoms with Crippen LogP contribution in [0.15, 0.2) is 103 Å². The zero-order valence-corrected chi connectivity index (χ0v) is 18.2. The van der Waals surface area contributed by atoms with Gasteiger partial charge in [0, 0.05) is 0 Å².